The molecule has 0 heterocycles. The highest BCUT2D eigenvalue weighted by Gasteiger charge is 2.14. The standard InChI is InChI=1S/C21H24N2O2/c1-16-8-7-11-18(14-16)22-23-21(24)15-25-20-13-6-5-12-19(20)17-9-3-2-4-10-17/h2-6,9-10,12-13,16H,7-8,11,14-15H2,1H3,(H,23,24)/b22-18-/t16-/m0/s1. The Morgan fingerprint density at radius 2 is 1.92 bits per heavy atom. The molecule has 1 saturated carbocycles. The highest BCUT2D eigenvalue weighted by molar-refractivity contribution is 5.87. The van der Waals surface area contributed by atoms with E-state index in [2.05, 4.69) is 17.5 Å². The molecule has 1 N–H and O–H groups in total. The molecule has 25 heavy (non-hydrogen) atoms. The van der Waals surface area contributed by atoms with Crippen LogP contribution in [-0.4, -0.2) is 18.2 Å². The molecule has 0 aromatic heterocycles. The van der Waals surface area contributed by atoms with Gasteiger partial charge in [-0.15, -0.1) is 0 Å². The quantitative estimate of drug-likeness (QED) is 0.822. The van der Waals surface area contributed by atoms with Crippen LogP contribution in [0.3, 0.4) is 0 Å². The van der Waals surface area contributed by atoms with Gasteiger partial charge in [-0.2, -0.15) is 5.10 Å². The summed E-state index contributed by atoms with van der Waals surface area (Å²) in [4.78, 5) is 12.0. The van der Waals surface area contributed by atoms with Crippen LogP contribution in [0, 0.1) is 5.92 Å². The van der Waals surface area contributed by atoms with E-state index in [0.717, 1.165) is 36.1 Å². The van der Waals surface area contributed by atoms with E-state index in [1.165, 1.54) is 6.42 Å². The second-order valence-electron chi connectivity index (χ2n) is 6.57. The third-order valence-electron chi connectivity index (χ3n) is 4.42. The zero-order chi connectivity index (χ0) is 17.5. The lowest BCUT2D eigenvalue weighted by Gasteiger charge is -2.19. The van der Waals surface area contributed by atoms with Crippen LogP contribution in [0.5, 0.6) is 5.75 Å². The van der Waals surface area contributed by atoms with E-state index in [-0.39, 0.29) is 12.5 Å². The van der Waals surface area contributed by atoms with Crippen molar-refractivity contribution in [1.82, 2.24) is 5.43 Å². The molecular formula is C21H24N2O2. The van der Waals surface area contributed by atoms with Gasteiger partial charge in [0.2, 0.25) is 0 Å². The Hall–Kier alpha value is -2.62. The molecule has 3 rings (SSSR count). The van der Waals surface area contributed by atoms with Crippen molar-refractivity contribution in [3.8, 4) is 16.9 Å². The van der Waals surface area contributed by atoms with E-state index < -0.39 is 0 Å². The summed E-state index contributed by atoms with van der Waals surface area (Å²) in [6.07, 6.45) is 4.34. The maximum absolute atomic E-state index is 12.0. The van der Waals surface area contributed by atoms with Crippen molar-refractivity contribution in [2.75, 3.05) is 6.61 Å². The van der Waals surface area contributed by atoms with E-state index in [0.29, 0.717) is 11.7 Å². The Bertz CT molecular complexity index is 741. The number of carbonyl (C=O) groups excluding carboxylic acids is 1. The summed E-state index contributed by atoms with van der Waals surface area (Å²) in [7, 11) is 0. The third kappa shape index (κ3) is 4.92. The second kappa shape index (κ2) is 8.47. The Morgan fingerprint density at radius 1 is 1.16 bits per heavy atom. The van der Waals surface area contributed by atoms with Gasteiger partial charge in [-0.25, -0.2) is 5.43 Å². The van der Waals surface area contributed by atoms with E-state index >= 15 is 0 Å². The molecule has 0 saturated heterocycles. The molecule has 1 aliphatic carbocycles. The molecule has 2 aromatic rings. The molecule has 1 atom stereocenters. The van der Waals surface area contributed by atoms with Crippen LogP contribution in [0.15, 0.2) is 59.7 Å². The SMILES string of the molecule is C[C@H]1CCC/C(=N/NC(=O)COc2ccccc2-c2ccccc2)C1. The summed E-state index contributed by atoms with van der Waals surface area (Å²) in [6, 6.07) is 17.7. The van der Waals surface area contributed by atoms with Crippen molar-refractivity contribution < 1.29 is 9.53 Å². The Kier molecular flexibility index (Phi) is 5.83. The zero-order valence-electron chi connectivity index (χ0n) is 14.6. The fourth-order valence-corrected chi connectivity index (χ4v) is 3.13. The van der Waals surface area contributed by atoms with E-state index in [1.54, 1.807) is 0 Å². The maximum atomic E-state index is 12.0. The number of rotatable bonds is 5. The van der Waals surface area contributed by atoms with Gasteiger partial charge in [0.1, 0.15) is 5.75 Å². The van der Waals surface area contributed by atoms with Gasteiger partial charge in [-0.05, 0) is 43.2 Å². The van der Waals surface area contributed by atoms with Gasteiger partial charge in [0.25, 0.3) is 5.91 Å². The number of nitrogens with zero attached hydrogens (tertiary/aromatic N) is 1. The molecule has 4 nitrogen and oxygen atoms in total. The number of hydrazone groups is 1. The van der Waals surface area contributed by atoms with E-state index in [4.69, 9.17) is 4.74 Å². The lowest BCUT2D eigenvalue weighted by molar-refractivity contribution is -0.123. The van der Waals surface area contributed by atoms with Gasteiger partial charge in [-0.3, -0.25) is 4.79 Å². The van der Waals surface area contributed by atoms with Crippen molar-refractivity contribution in [2.45, 2.75) is 32.6 Å². The predicted octanol–water partition coefficient (Wildman–Crippen LogP) is 4.41. The third-order valence-corrected chi connectivity index (χ3v) is 4.42. The second-order valence-corrected chi connectivity index (χ2v) is 6.57. The Labute approximate surface area is 148 Å². The number of amides is 1. The monoisotopic (exact) mass is 336 g/mol. The average Bonchev–Trinajstić information content (AvgIpc) is 2.66. The van der Waals surface area contributed by atoms with Crippen molar-refractivity contribution in [2.24, 2.45) is 11.0 Å². The van der Waals surface area contributed by atoms with E-state index in [9.17, 15) is 4.79 Å². The van der Waals surface area contributed by atoms with E-state index in [1.807, 2.05) is 54.6 Å². The summed E-state index contributed by atoms with van der Waals surface area (Å²) in [5, 5.41) is 4.26. The molecule has 130 valence electrons. The number of carbonyl (C=O) groups is 1. The first-order chi connectivity index (χ1) is 12.2. The Balaban J connectivity index is 1.59. The minimum atomic E-state index is -0.228. The van der Waals surface area contributed by atoms with Crippen LogP contribution in [0.25, 0.3) is 11.1 Å². The van der Waals surface area contributed by atoms with Crippen molar-refractivity contribution in [3.63, 3.8) is 0 Å². The van der Waals surface area contributed by atoms with Gasteiger partial charge in [0.05, 0.1) is 0 Å². The largest absolute Gasteiger partial charge is 0.483 e. The fourth-order valence-electron chi connectivity index (χ4n) is 3.13. The van der Waals surface area contributed by atoms with Crippen LogP contribution in [0.1, 0.15) is 32.6 Å². The highest BCUT2D eigenvalue weighted by atomic mass is 16.5. The van der Waals surface area contributed by atoms with Crippen molar-refractivity contribution >= 4 is 11.6 Å². The molecule has 0 unspecified atom stereocenters. The van der Waals surface area contributed by atoms with Crippen LogP contribution in [0.4, 0.5) is 0 Å². The number of benzene rings is 2. The summed E-state index contributed by atoms with van der Waals surface area (Å²) in [6.45, 7) is 2.18. The number of ether oxygens (including phenoxy) is 1. The lowest BCUT2D eigenvalue weighted by Crippen LogP contribution is -2.27. The summed E-state index contributed by atoms with van der Waals surface area (Å²) >= 11 is 0. The van der Waals surface area contributed by atoms with Crippen LogP contribution < -0.4 is 10.2 Å². The number of hydrogen-bond acceptors (Lipinski definition) is 3. The lowest BCUT2D eigenvalue weighted by atomic mass is 9.89. The normalized spacial score (nSPS) is 18.8. The van der Waals surface area contributed by atoms with Crippen molar-refractivity contribution in [1.29, 1.82) is 0 Å². The summed E-state index contributed by atoms with van der Waals surface area (Å²) < 4.78 is 5.73. The summed E-state index contributed by atoms with van der Waals surface area (Å²) in [5.41, 5.74) is 5.75. The minimum absolute atomic E-state index is 0.0455. The molecule has 0 spiro atoms. The van der Waals surface area contributed by atoms with Gasteiger partial charge >= 0.3 is 0 Å². The number of nitrogens with one attached hydrogen (secondary N) is 1. The highest BCUT2D eigenvalue weighted by Crippen LogP contribution is 2.29. The van der Waals surface area contributed by atoms with Gasteiger partial charge < -0.3 is 4.74 Å². The first-order valence-corrected chi connectivity index (χ1v) is 8.84. The number of hydrogen-bond donors (Lipinski definition) is 1. The molecule has 4 heteroatoms. The van der Waals surface area contributed by atoms with Gasteiger partial charge in [0, 0.05) is 11.3 Å². The number of para-hydroxylation sites is 1. The first kappa shape index (κ1) is 17.2. The van der Waals surface area contributed by atoms with Gasteiger partial charge in [0.15, 0.2) is 6.61 Å². The van der Waals surface area contributed by atoms with Crippen LogP contribution >= 0.6 is 0 Å². The fraction of sp³-hybridized carbons (Fsp3) is 0.333. The molecule has 0 radical (unpaired) electrons. The predicted molar refractivity (Wildman–Crippen MR) is 101 cm³/mol. The molecule has 0 aliphatic heterocycles. The van der Waals surface area contributed by atoms with Crippen LogP contribution in [0.2, 0.25) is 0 Å². The molecule has 1 aliphatic rings. The topological polar surface area (TPSA) is 50.7 Å². The van der Waals surface area contributed by atoms with Crippen molar-refractivity contribution in [3.05, 3.63) is 54.6 Å². The maximum Gasteiger partial charge on any atom is 0.277 e. The molecule has 2 aromatic carbocycles. The molecule has 1 fully saturated rings. The summed E-state index contributed by atoms with van der Waals surface area (Å²) in [5.74, 6) is 1.12. The van der Waals surface area contributed by atoms with Crippen LogP contribution in [-0.2, 0) is 4.79 Å². The molecule has 0 bridgehead atoms. The van der Waals surface area contributed by atoms with Gasteiger partial charge in [-0.1, -0.05) is 55.5 Å². The molecule has 1 amide bonds. The molecular weight excluding hydrogens is 312 g/mol. The smallest absolute Gasteiger partial charge is 0.277 e. The first-order valence-electron chi connectivity index (χ1n) is 8.84. The zero-order valence-corrected chi connectivity index (χ0v) is 14.6. The average molecular weight is 336 g/mol. The Morgan fingerprint density at radius 3 is 2.72 bits per heavy atom. The minimum Gasteiger partial charge on any atom is -0.483 e.